The molecule has 1 saturated heterocycles. The van der Waals surface area contributed by atoms with Crippen LogP contribution in [0.1, 0.15) is 25.3 Å². The average Bonchev–Trinajstić information content (AvgIpc) is 2.97. The summed E-state index contributed by atoms with van der Waals surface area (Å²) < 4.78 is 18.6. The number of likely N-dealkylation sites (tertiary alicyclic amines) is 1. The highest BCUT2D eigenvalue weighted by Gasteiger charge is 2.39. The zero-order chi connectivity index (χ0) is 17.0. The lowest BCUT2D eigenvalue weighted by atomic mass is 9.90. The van der Waals surface area contributed by atoms with Crippen molar-refractivity contribution in [3.8, 4) is 5.75 Å². The van der Waals surface area contributed by atoms with Gasteiger partial charge in [-0.3, -0.25) is 9.78 Å². The van der Waals surface area contributed by atoms with Gasteiger partial charge in [0, 0.05) is 18.3 Å². The summed E-state index contributed by atoms with van der Waals surface area (Å²) in [6, 6.07) is 10.0. The summed E-state index contributed by atoms with van der Waals surface area (Å²) in [5.41, 5.74) is 0.777. The van der Waals surface area contributed by atoms with Crippen molar-refractivity contribution >= 4 is 5.91 Å². The molecule has 2 aromatic rings. The first-order valence-electron chi connectivity index (χ1n) is 8.15. The van der Waals surface area contributed by atoms with Crippen LogP contribution in [-0.4, -0.2) is 34.5 Å². The van der Waals surface area contributed by atoms with Crippen LogP contribution in [0.25, 0.3) is 0 Å². The minimum atomic E-state index is -0.257. The molecule has 1 aliphatic rings. The predicted molar refractivity (Wildman–Crippen MR) is 89.2 cm³/mol. The molecular formula is C19H21FN2O2. The van der Waals surface area contributed by atoms with E-state index in [1.807, 2.05) is 4.90 Å². The summed E-state index contributed by atoms with van der Waals surface area (Å²) in [5.74, 6) is 0.319. The van der Waals surface area contributed by atoms with Crippen molar-refractivity contribution in [2.24, 2.45) is 0 Å². The molecule has 4 nitrogen and oxygen atoms in total. The Morgan fingerprint density at radius 1 is 1.33 bits per heavy atom. The fourth-order valence-corrected chi connectivity index (χ4v) is 3.33. The van der Waals surface area contributed by atoms with E-state index in [1.54, 1.807) is 36.7 Å². The van der Waals surface area contributed by atoms with Crippen LogP contribution in [0, 0.1) is 5.82 Å². The van der Waals surface area contributed by atoms with Crippen LogP contribution in [0.3, 0.4) is 0 Å². The third kappa shape index (κ3) is 3.72. The van der Waals surface area contributed by atoms with E-state index in [-0.39, 0.29) is 23.9 Å². The Morgan fingerprint density at radius 2 is 2.12 bits per heavy atom. The molecule has 24 heavy (non-hydrogen) atoms. The van der Waals surface area contributed by atoms with Gasteiger partial charge in [0.25, 0.3) is 5.91 Å². The molecule has 0 saturated carbocycles. The minimum Gasteiger partial charge on any atom is -0.482 e. The van der Waals surface area contributed by atoms with Crippen LogP contribution < -0.4 is 4.74 Å². The standard InChI is InChI=1S/C19H21FN2O2/c1-19(12-15-5-7-16(20)8-6-15)9-3-11-22(19)18(23)14-24-17-4-2-10-21-13-17/h2,4-8,10,13H,3,9,11-12,14H2,1H3. The summed E-state index contributed by atoms with van der Waals surface area (Å²) in [7, 11) is 0. The maximum atomic E-state index is 13.1. The van der Waals surface area contributed by atoms with Gasteiger partial charge in [-0.15, -0.1) is 0 Å². The second-order valence-corrected chi connectivity index (χ2v) is 6.43. The number of hydrogen-bond donors (Lipinski definition) is 0. The maximum Gasteiger partial charge on any atom is 0.260 e. The Hall–Kier alpha value is -2.43. The van der Waals surface area contributed by atoms with Gasteiger partial charge in [0.05, 0.1) is 6.20 Å². The third-order valence-corrected chi connectivity index (χ3v) is 4.54. The zero-order valence-electron chi connectivity index (χ0n) is 13.7. The monoisotopic (exact) mass is 328 g/mol. The van der Waals surface area contributed by atoms with Gasteiger partial charge in [-0.05, 0) is 56.0 Å². The molecule has 1 atom stereocenters. The first-order valence-corrected chi connectivity index (χ1v) is 8.15. The summed E-state index contributed by atoms with van der Waals surface area (Å²) in [4.78, 5) is 18.5. The number of benzene rings is 1. The van der Waals surface area contributed by atoms with Crippen LogP contribution in [0.4, 0.5) is 4.39 Å². The summed E-state index contributed by atoms with van der Waals surface area (Å²) in [5, 5.41) is 0. The fourth-order valence-electron chi connectivity index (χ4n) is 3.33. The molecule has 3 rings (SSSR count). The molecule has 0 aliphatic carbocycles. The number of amides is 1. The van der Waals surface area contributed by atoms with Crippen molar-refractivity contribution in [1.82, 2.24) is 9.88 Å². The second kappa shape index (κ2) is 6.99. The largest absolute Gasteiger partial charge is 0.482 e. The molecule has 0 bridgehead atoms. The van der Waals surface area contributed by atoms with E-state index >= 15 is 0 Å². The molecule has 0 spiro atoms. The Labute approximate surface area is 141 Å². The molecule has 0 radical (unpaired) electrons. The fraction of sp³-hybridized carbons (Fsp3) is 0.368. The molecule has 1 aromatic heterocycles. The van der Waals surface area contributed by atoms with E-state index in [0.29, 0.717) is 12.2 Å². The highest BCUT2D eigenvalue weighted by atomic mass is 19.1. The second-order valence-electron chi connectivity index (χ2n) is 6.43. The number of carbonyl (C=O) groups is 1. The zero-order valence-corrected chi connectivity index (χ0v) is 13.7. The number of hydrogen-bond acceptors (Lipinski definition) is 3. The van der Waals surface area contributed by atoms with Crippen molar-refractivity contribution in [2.45, 2.75) is 31.7 Å². The average molecular weight is 328 g/mol. The maximum absolute atomic E-state index is 13.1. The topological polar surface area (TPSA) is 42.4 Å². The predicted octanol–water partition coefficient (Wildman–Crippen LogP) is 3.22. The van der Waals surface area contributed by atoms with Crippen molar-refractivity contribution < 1.29 is 13.9 Å². The van der Waals surface area contributed by atoms with Gasteiger partial charge < -0.3 is 9.64 Å². The number of aromatic nitrogens is 1. The van der Waals surface area contributed by atoms with Gasteiger partial charge in [-0.2, -0.15) is 0 Å². The van der Waals surface area contributed by atoms with Crippen LogP contribution in [-0.2, 0) is 11.2 Å². The highest BCUT2D eigenvalue weighted by Crippen LogP contribution is 2.32. The van der Waals surface area contributed by atoms with E-state index in [0.717, 1.165) is 24.9 Å². The molecule has 2 heterocycles. The van der Waals surface area contributed by atoms with E-state index in [1.165, 1.54) is 12.1 Å². The normalized spacial score (nSPS) is 20.2. The number of nitrogens with zero attached hydrogens (tertiary/aromatic N) is 2. The van der Waals surface area contributed by atoms with Crippen LogP contribution in [0.15, 0.2) is 48.8 Å². The van der Waals surface area contributed by atoms with E-state index in [9.17, 15) is 9.18 Å². The molecular weight excluding hydrogens is 307 g/mol. The van der Waals surface area contributed by atoms with Crippen LogP contribution in [0.5, 0.6) is 5.75 Å². The van der Waals surface area contributed by atoms with Crippen molar-refractivity contribution in [3.63, 3.8) is 0 Å². The minimum absolute atomic E-state index is 0.00466. The Morgan fingerprint density at radius 3 is 2.83 bits per heavy atom. The third-order valence-electron chi connectivity index (χ3n) is 4.54. The van der Waals surface area contributed by atoms with Gasteiger partial charge >= 0.3 is 0 Å². The molecule has 1 unspecified atom stereocenters. The molecule has 1 amide bonds. The van der Waals surface area contributed by atoms with Gasteiger partial charge in [-0.1, -0.05) is 12.1 Å². The Bertz CT molecular complexity index is 690. The number of ether oxygens (including phenoxy) is 1. The van der Waals surface area contributed by atoms with E-state index in [4.69, 9.17) is 4.74 Å². The lowest BCUT2D eigenvalue weighted by Gasteiger charge is -2.35. The molecule has 0 N–H and O–H groups in total. The van der Waals surface area contributed by atoms with Gasteiger partial charge in [0.1, 0.15) is 11.6 Å². The molecule has 1 fully saturated rings. The smallest absolute Gasteiger partial charge is 0.260 e. The Kier molecular flexibility index (Phi) is 4.79. The van der Waals surface area contributed by atoms with Gasteiger partial charge in [-0.25, -0.2) is 4.39 Å². The van der Waals surface area contributed by atoms with Crippen molar-refractivity contribution in [3.05, 3.63) is 60.2 Å². The first kappa shape index (κ1) is 16.4. The molecule has 1 aromatic carbocycles. The van der Waals surface area contributed by atoms with Crippen LogP contribution in [0.2, 0.25) is 0 Å². The number of halogens is 1. The highest BCUT2D eigenvalue weighted by molar-refractivity contribution is 5.79. The summed E-state index contributed by atoms with van der Waals surface area (Å²) in [6.07, 6.45) is 5.87. The van der Waals surface area contributed by atoms with Crippen molar-refractivity contribution in [1.29, 1.82) is 0 Å². The van der Waals surface area contributed by atoms with E-state index in [2.05, 4.69) is 11.9 Å². The lowest BCUT2D eigenvalue weighted by molar-refractivity contribution is -0.137. The molecule has 126 valence electrons. The van der Waals surface area contributed by atoms with Crippen LogP contribution >= 0.6 is 0 Å². The SMILES string of the molecule is CC1(Cc2ccc(F)cc2)CCCN1C(=O)COc1cccnc1. The van der Waals surface area contributed by atoms with Crippen molar-refractivity contribution in [2.75, 3.05) is 13.2 Å². The van der Waals surface area contributed by atoms with E-state index < -0.39 is 0 Å². The first-order chi connectivity index (χ1) is 11.6. The lowest BCUT2D eigenvalue weighted by Crippen LogP contribution is -2.48. The molecule has 1 aliphatic heterocycles. The Balaban J connectivity index is 1.65. The number of carbonyl (C=O) groups excluding carboxylic acids is 1. The quantitative estimate of drug-likeness (QED) is 0.846. The number of pyridine rings is 1. The summed E-state index contributed by atoms with van der Waals surface area (Å²) in [6.45, 7) is 2.82. The van der Waals surface area contributed by atoms with Gasteiger partial charge in [0.15, 0.2) is 6.61 Å². The summed E-state index contributed by atoms with van der Waals surface area (Å²) >= 11 is 0. The van der Waals surface area contributed by atoms with Gasteiger partial charge in [0.2, 0.25) is 0 Å². The number of rotatable bonds is 5. The molecule has 5 heteroatoms.